The monoisotopic (exact) mass is 308 g/mol. The topological polar surface area (TPSA) is 41.6 Å². The van der Waals surface area contributed by atoms with Gasteiger partial charge in [0.25, 0.3) is 0 Å². The predicted octanol–water partition coefficient (Wildman–Crippen LogP) is 1.94. The van der Waals surface area contributed by atoms with Gasteiger partial charge in [0.1, 0.15) is 0 Å². The lowest BCUT2D eigenvalue weighted by Crippen LogP contribution is -2.59. The first-order valence-corrected chi connectivity index (χ1v) is 7.35. The van der Waals surface area contributed by atoms with Gasteiger partial charge >= 0.3 is 6.18 Å². The van der Waals surface area contributed by atoms with Crippen molar-refractivity contribution in [3.05, 3.63) is 0 Å². The molecule has 21 heavy (non-hydrogen) atoms. The van der Waals surface area contributed by atoms with E-state index in [0.29, 0.717) is 13.1 Å². The molecule has 0 saturated carbocycles. The molecule has 0 radical (unpaired) electrons. The summed E-state index contributed by atoms with van der Waals surface area (Å²) in [4.78, 5) is 14.2. The minimum atomic E-state index is -4.18. The number of alkyl halides is 3. The zero-order valence-corrected chi connectivity index (χ0v) is 12.7. The molecule has 1 amide bonds. The van der Waals surface area contributed by atoms with E-state index in [2.05, 4.69) is 5.32 Å². The summed E-state index contributed by atoms with van der Waals surface area (Å²) >= 11 is 0. The van der Waals surface area contributed by atoms with E-state index in [4.69, 9.17) is 4.74 Å². The van der Waals surface area contributed by atoms with Crippen molar-refractivity contribution in [2.45, 2.75) is 57.5 Å². The molecule has 2 fully saturated rings. The number of morpholine rings is 1. The molecule has 2 saturated heterocycles. The first kappa shape index (κ1) is 16.5. The maximum Gasteiger partial charge on any atom is 0.393 e. The highest BCUT2D eigenvalue weighted by Gasteiger charge is 2.44. The number of amides is 1. The molecule has 2 heterocycles. The third kappa shape index (κ3) is 4.10. The van der Waals surface area contributed by atoms with Gasteiger partial charge in [0.15, 0.2) is 0 Å². The van der Waals surface area contributed by atoms with Crippen molar-refractivity contribution in [2.75, 3.05) is 19.6 Å². The van der Waals surface area contributed by atoms with Crippen molar-refractivity contribution >= 4 is 5.91 Å². The molecule has 0 aromatic rings. The summed E-state index contributed by atoms with van der Waals surface area (Å²) in [5.41, 5.74) is -0.420. The number of hydrogen-bond acceptors (Lipinski definition) is 3. The average Bonchev–Trinajstić information content (AvgIpc) is 2.34. The van der Waals surface area contributed by atoms with Gasteiger partial charge in [-0.15, -0.1) is 0 Å². The van der Waals surface area contributed by atoms with Gasteiger partial charge in [-0.2, -0.15) is 13.2 Å². The maximum atomic E-state index is 12.6. The number of ether oxygens (including phenoxy) is 1. The first-order chi connectivity index (χ1) is 9.58. The Hall–Kier alpha value is -0.820. The summed E-state index contributed by atoms with van der Waals surface area (Å²) in [5.74, 6) is -1.46. The van der Waals surface area contributed by atoms with E-state index in [1.54, 1.807) is 4.90 Å². The molecule has 2 aliphatic rings. The molecule has 2 aliphatic heterocycles. The zero-order valence-electron chi connectivity index (χ0n) is 12.7. The third-order valence-electron chi connectivity index (χ3n) is 4.06. The van der Waals surface area contributed by atoms with Crippen LogP contribution in [0.5, 0.6) is 0 Å². The second kappa shape index (κ2) is 5.76. The highest BCUT2D eigenvalue weighted by Crippen LogP contribution is 2.32. The van der Waals surface area contributed by atoms with E-state index in [1.807, 2.05) is 20.8 Å². The van der Waals surface area contributed by atoms with E-state index >= 15 is 0 Å². The molecule has 3 atom stereocenters. The molecule has 1 N–H and O–H groups in total. The van der Waals surface area contributed by atoms with Crippen LogP contribution in [0.15, 0.2) is 0 Å². The van der Waals surface area contributed by atoms with E-state index < -0.39 is 23.7 Å². The molecular weight excluding hydrogens is 285 g/mol. The van der Waals surface area contributed by atoms with E-state index in [-0.39, 0.29) is 31.4 Å². The first-order valence-electron chi connectivity index (χ1n) is 7.35. The summed E-state index contributed by atoms with van der Waals surface area (Å²) in [5, 5.41) is 2.76. The number of piperidine rings is 1. The highest BCUT2D eigenvalue weighted by atomic mass is 19.4. The van der Waals surface area contributed by atoms with Crippen LogP contribution in [0.4, 0.5) is 13.2 Å². The number of hydrogen-bond donors (Lipinski definition) is 1. The lowest BCUT2D eigenvalue weighted by atomic mass is 9.93. The normalized spacial score (nSPS) is 33.8. The molecule has 4 nitrogen and oxygen atoms in total. The number of nitrogens with one attached hydrogen (secondary N) is 1. The van der Waals surface area contributed by atoms with Crippen LogP contribution in [0.2, 0.25) is 0 Å². The van der Waals surface area contributed by atoms with Gasteiger partial charge in [-0.05, 0) is 33.6 Å². The summed E-state index contributed by atoms with van der Waals surface area (Å²) < 4.78 is 43.6. The van der Waals surface area contributed by atoms with Crippen LogP contribution in [0.1, 0.15) is 33.6 Å². The van der Waals surface area contributed by atoms with Crippen LogP contribution >= 0.6 is 0 Å². The quantitative estimate of drug-likeness (QED) is 0.805. The Morgan fingerprint density at radius 2 is 2.00 bits per heavy atom. The van der Waals surface area contributed by atoms with E-state index in [1.165, 1.54) is 0 Å². The van der Waals surface area contributed by atoms with Gasteiger partial charge in [0, 0.05) is 19.6 Å². The molecule has 0 aromatic heterocycles. The fourth-order valence-electron chi connectivity index (χ4n) is 3.19. The Kier molecular flexibility index (Phi) is 4.54. The lowest BCUT2D eigenvalue weighted by Gasteiger charge is -2.43. The van der Waals surface area contributed by atoms with Crippen molar-refractivity contribution in [1.29, 1.82) is 0 Å². The minimum absolute atomic E-state index is 0.0101. The van der Waals surface area contributed by atoms with Crippen molar-refractivity contribution in [2.24, 2.45) is 5.92 Å². The second-order valence-electron chi connectivity index (χ2n) is 6.68. The maximum absolute atomic E-state index is 12.6. The van der Waals surface area contributed by atoms with Crippen LogP contribution in [-0.2, 0) is 9.53 Å². The van der Waals surface area contributed by atoms with Gasteiger partial charge in [-0.25, -0.2) is 0 Å². The number of carbonyl (C=O) groups excluding carboxylic acids is 1. The van der Waals surface area contributed by atoms with E-state index in [0.717, 1.165) is 0 Å². The van der Waals surface area contributed by atoms with Gasteiger partial charge in [0.2, 0.25) is 5.91 Å². The SMILES string of the molecule is CC1CN(C(=O)C2CCC(C(F)(F)F)CN2)CC(C)(C)O1. The molecule has 2 rings (SSSR count). The standard InChI is InChI=1S/C14H23F3N2O2/c1-9-7-19(8-13(2,3)21-9)12(20)11-5-4-10(6-18-11)14(15,16)17/h9-11,18H,4-8H2,1-3H3. The second-order valence-corrected chi connectivity index (χ2v) is 6.68. The van der Waals surface area contributed by atoms with Crippen LogP contribution < -0.4 is 5.32 Å². The van der Waals surface area contributed by atoms with Gasteiger partial charge in [0.05, 0.1) is 23.7 Å². The van der Waals surface area contributed by atoms with Crippen molar-refractivity contribution in [1.82, 2.24) is 10.2 Å². The Morgan fingerprint density at radius 1 is 1.33 bits per heavy atom. The highest BCUT2D eigenvalue weighted by molar-refractivity contribution is 5.82. The average molecular weight is 308 g/mol. The fraction of sp³-hybridized carbons (Fsp3) is 0.929. The Bertz CT molecular complexity index is 390. The number of halogens is 3. The Labute approximate surface area is 123 Å². The van der Waals surface area contributed by atoms with E-state index in [9.17, 15) is 18.0 Å². The molecule has 7 heteroatoms. The van der Waals surface area contributed by atoms with Gasteiger partial charge in [-0.1, -0.05) is 0 Å². The zero-order chi connectivity index (χ0) is 15.8. The Balaban J connectivity index is 1.93. The largest absolute Gasteiger partial charge is 0.393 e. The van der Waals surface area contributed by atoms with Crippen LogP contribution in [-0.4, -0.2) is 54.4 Å². The van der Waals surface area contributed by atoms with Crippen molar-refractivity contribution < 1.29 is 22.7 Å². The van der Waals surface area contributed by atoms with Gasteiger partial charge in [-0.3, -0.25) is 4.79 Å². The van der Waals surface area contributed by atoms with Gasteiger partial charge < -0.3 is 15.0 Å². The molecule has 0 aliphatic carbocycles. The smallest absolute Gasteiger partial charge is 0.369 e. The number of rotatable bonds is 1. The van der Waals surface area contributed by atoms with Crippen molar-refractivity contribution in [3.63, 3.8) is 0 Å². The number of carbonyl (C=O) groups is 1. The summed E-state index contributed by atoms with van der Waals surface area (Å²) in [6.45, 7) is 6.51. The molecule has 0 spiro atoms. The molecule has 3 unspecified atom stereocenters. The summed E-state index contributed by atoms with van der Waals surface area (Å²) in [7, 11) is 0. The van der Waals surface area contributed by atoms with Crippen LogP contribution in [0.3, 0.4) is 0 Å². The summed E-state index contributed by atoms with van der Waals surface area (Å²) in [6.07, 6.45) is -4.01. The third-order valence-corrected chi connectivity index (χ3v) is 4.06. The predicted molar refractivity (Wildman–Crippen MR) is 71.8 cm³/mol. The molecule has 122 valence electrons. The minimum Gasteiger partial charge on any atom is -0.369 e. The van der Waals surface area contributed by atoms with Crippen molar-refractivity contribution in [3.8, 4) is 0 Å². The molecule has 0 bridgehead atoms. The van der Waals surface area contributed by atoms with Crippen LogP contribution in [0, 0.1) is 5.92 Å². The summed E-state index contributed by atoms with van der Waals surface area (Å²) in [6, 6.07) is -0.510. The molecular formula is C14H23F3N2O2. The fourth-order valence-corrected chi connectivity index (χ4v) is 3.19. The number of nitrogens with zero attached hydrogens (tertiary/aromatic N) is 1. The molecule has 0 aromatic carbocycles. The Morgan fingerprint density at radius 3 is 2.48 bits per heavy atom. The van der Waals surface area contributed by atoms with Crippen LogP contribution in [0.25, 0.3) is 0 Å². The lowest BCUT2D eigenvalue weighted by molar-refractivity contribution is -0.182.